The fourth-order valence-corrected chi connectivity index (χ4v) is 4.19. The first-order valence-corrected chi connectivity index (χ1v) is 10.1. The third-order valence-corrected chi connectivity index (χ3v) is 5.86. The van der Waals surface area contributed by atoms with E-state index >= 15 is 0 Å². The topological polar surface area (TPSA) is 36.4 Å². The highest BCUT2D eigenvalue weighted by Gasteiger charge is 2.20. The van der Waals surface area contributed by atoms with Crippen molar-refractivity contribution < 1.29 is 13.6 Å². The Morgan fingerprint density at radius 3 is 2.48 bits per heavy atom. The second-order valence-electron chi connectivity index (χ2n) is 6.20. The lowest BCUT2D eigenvalue weighted by atomic mass is 10.3. The van der Waals surface area contributed by atoms with E-state index in [1.165, 1.54) is 47.4 Å². The van der Waals surface area contributed by atoms with E-state index in [1.807, 2.05) is 19.0 Å². The quantitative estimate of drug-likeness (QED) is 0.549. The van der Waals surface area contributed by atoms with Gasteiger partial charge in [0, 0.05) is 18.0 Å². The molecular weight excluding hydrogens is 388 g/mol. The lowest BCUT2D eigenvalue weighted by molar-refractivity contribution is -0.116. The zero-order valence-electron chi connectivity index (χ0n) is 15.0. The van der Waals surface area contributed by atoms with Crippen molar-refractivity contribution in [1.82, 2.24) is 9.88 Å². The molecule has 2 aromatic carbocycles. The van der Waals surface area contributed by atoms with Gasteiger partial charge in [0.15, 0.2) is 5.13 Å². The number of likely N-dealkylation sites (N-methyl/N-ethyl adjacent to an activating group) is 1. The van der Waals surface area contributed by atoms with Gasteiger partial charge in [0.05, 0.1) is 16.0 Å². The van der Waals surface area contributed by atoms with Crippen molar-refractivity contribution in [2.24, 2.45) is 0 Å². The minimum Gasteiger partial charge on any atom is -0.308 e. The summed E-state index contributed by atoms with van der Waals surface area (Å²) in [6.07, 6.45) is 0. The Morgan fingerprint density at radius 2 is 1.78 bits per heavy atom. The predicted octanol–water partition coefficient (Wildman–Crippen LogP) is 4.26. The molecule has 0 bridgehead atoms. The van der Waals surface area contributed by atoms with Crippen molar-refractivity contribution in [3.63, 3.8) is 0 Å². The number of rotatable bonds is 7. The summed E-state index contributed by atoms with van der Waals surface area (Å²) in [5, 5.41) is 0.558. The van der Waals surface area contributed by atoms with Crippen LogP contribution in [0.5, 0.6) is 0 Å². The first-order chi connectivity index (χ1) is 12.9. The Balaban J connectivity index is 1.78. The molecule has 4 nitrogen and oxygen atoms in total. The number of hydrogen-bond acceptors (Lipinski definition) is 5. The van der Waals surface area contributed by atoms with Crippen molar-refractivity contribution in [1.29, 1.82) is 0 Å². The third-order valence-electron chi connectivity index (χ3n) is 3.82. The van der Waals surface area contributed by atoms with Crippen LogP contribution in [0.3, 0.4) is 0 Å². The summed E-state index contributed by atoms with van der Waals surface area (Å²) in [5.74, 6) is -0.509. The Kier molecular flexibility index (Phi) is 6.41. The SMILES string of the molecule is CN(C)CCN(C(=O)CSc1ccc(F)cc1)c1nc2ccc(F)cc2s1. The zero-order chi connectivity index (χ0) is 19.4. The van der Waals surface area contributed by atoms with Gasteiger partial charge in [-0.3, -0.25) is 9.69 Å². The lowest BCUT2D eigenvalue weighted by Crippen LogP contribution is -2.37. The van der Waals surface area contributed by atoms with Gasteiger partial charge in [-0.2, -0.15) is 0 Å². The summed E-state index contributed by atoms with van der Waals surface area (Å²) >= 11 is 2.65. The summed E-state index contributed by atoms with van der Waals surface area (Å²) in [6, 6.07) is 10.5. The van der Waals surface area contributed by atoms with E-state index in [9.17, 15) is 13.6 Å². The molecule has 8 heteroatoms. The largest absolute Gasteiger partial charge is 0.308 e. The van der Waals surface area contributed by atoms with Gasteiger partial charge in [-0.25, -0.2) is 13.8 Å². The summed E-state index contributed by atoms with van der Waals surface area (Å²) in [5.41, 5.74) is 0.672. The summed E-state index contributed by atoms with van der Waals surface area (Å²) in [6.45, 7) is 1.16. The van der Waals surface area contributed by atoms with Gasteiger partial charge < -0.3 is 4.90 Å². The molecule has 1 amide bonds. The number of anilines is 1. The zero-order valence-corrected chi connectivity index (χ0v) is 16.6. The number of nitrogens with zero attached hydrogens (tertiary/aromatic N) is 3. The molecular formula is C19H19F2N3OS2. The van der Waals surface area contributed by atoms with Crippen LogP contribution < -0.4 is 4.90 Å². The number of carbonyl (C=O) groups is 1. The number of carbonyl (C=O) groups excluding carboxylic acids is 1. The molecule has 27 heavy (non-hydrogen) atoms. The van der Waals surface area contributed by atoms with Crippen molar-refractivity contribution in [3.8, 4) is 0 Å². The maximum Gasteiger partial charge on any atom is 0.239 e. The van der Waals surface area contributed by atoms with Crippen LogP contribution in [0.2, 0.25) is 0 Å². The van der Waals surface area contributed by atoms with E-state index in [0.717, 1.165) is 4.90 Å². The molecule has 3 aromatic rings. The number of hydrogen-bond donors (Lipinski definition) is 0. The highest BCUT2D eigenvalue weighted by atomic mass is 32.2. The van der Waals surface area contributed by atoms with Gasteiger partial charge in [0.25, 0.3) is 0 Å². The summed E-state index contributed by atoms with van der Waals surface area (Å²) in [4.78, 5) is 21.8. The van der Waals surface area contributed by atoms with Crippen LogP contribution in [0.1, 0.15) is 0 Å². The number of thioether (sulfide) groups is 1. The number of amides is 1. The molecule has 0 aliphatic rings. The van der Waals surface area contributed by atoms with Gasteiger partial charge in [0.2, 0.25) is 5.91 Å². The van der Waals surface area contributed by atoms with E-state index in [-0.39, 0.29) is 23.3 Å². The molecule has 0 radical (unpaired) electrons. The van der Waals surface area contributed by atoms with E-state index in [4.69, 9.17) is 0 Å². The van der Waals surface area contributed by atoms with Crippen molar-refractivity contribution >= 4 is 44.4 Å². The first kappa shape index (κ1) is 19.7. The molecule has 0 saturated carbocycles. The Bertz CT molecular complexity index is 928. The fraction of sp³-hybridized carbons (Fsp3) is 0.263. The maximum absolute atomic E-state index is 13.5. The molecule has 0 N–H and O–H groups in total. The molecule has 0 saturated heterocycles. The minimum absolute atomic E-state index is 0.0919. The normalized spacial score (nSPS) is 11.3. The van der Waals surface area contributed by atoms with Crippen LogP contribution in [0.4, 0.5) is 13.9 Å². The molecule has 1 aromatic heterocycles. The average molecular weight is 408 g/mol. The highest BCUT2D eigenvalue weighted by Crippen LogP contribution is 2.30. The van der Waals surface area contributed by atoms with Crippen LogP contribution in [0, 0.1) is 11.6 Å². The number of thiazole rings is 1. The molecule has 0 spiro atoms. The second-order valence-corrected chi connectivity index (χ2v) is 8.26. The Morgan fingerprint density at radius 1 is 1.07 bits per heavy atom. The minimum atomic E-state index is -0.323. The average Bonchev–Trinajstić information content (AvgIpc) is 3.03. The standard InChI is InChI=1S/C19H19F2N3OS2/c1-23(2)9-10-24(18(25)12-26-15-6-3-13(20)4-7-15)19-22-16-8-5-14(21)11-17(16)27-19/h3-8,11H,9-10,12H2,1-2H3. The van der Waals surface area contributed by atoms with Crippen LogP contribution >= 0.6 is 23.1 Å². The fourth-order valence-electron chi connectivity index (χ4n) is 2.38. The molecule has 0 fully saturated rings. The first-order valence-electron chi connectivity index (χ1n) is 8.32. The van der Waals surface area contributed by atoms with Crippen molar-refractivity contribution in [2.45, 2.75) is 4.90 Å². The van der Waals surface area contributed by atoms with Crippen LogP contribution in [-0.4, -0.2) is 48.7 Å². The van der Waals surface area contributed by atoms with Gasteiger partial charge in [-0.15, -0.1) is 11.8 Å². The Hall–Kier alpha value is -2.03. The Labute approximate surface area is 164 Å². The molecule has 1 heterocycles. The highest BCUT2D eigenvalue weighted by molar-refractivity contribution is 8.00. The molecule has 0 unspecified atom stereocenters. The van der Waals surface area contributed by atoms with E-state index in [2.05, 4.69) is 4.98 Å². The number of benzene rings is 2. The van der Waals surface area contributed by atoms with Crippen LogP contribution in [0.15, 0.2) is 47.4 Å². The van der Waals surface area contributed by atoms with Crippen molar-refractivity contribution in [2.75, 3.05) is 37.8 Å². The molecule has 142 valence electrons. The van der Waals surface area contributed by atoms with Crippen LogP contribution in [-0.2, 0) is 4.79 Å². The van der Waals surface area contributed by atoms with Gasteiger partial charge in [0.1, 0.15) is 11.6 Å². The molecule has 0 atom stereocenters. The van der Waals surface area contributed by atoms with Gasteiger partial charge >= 0.3 is 0 Å². The molecule has 0 aliphatic heterocycles. The lowest BCUT2D eigenvalue weighted by Gasteiger charge is -2.21. The molecule has 0 aliphatic carbocycles. The summed E-state index contributed by atoms with van der Waals surface area (Å²) in [7, 11) is 3.87. The number of aromatic nitrogens is 1. The van der Waals surface area contributed by atoms with E-state index in [1.54, 1.807) is 23.1 Å². The third kappa shape index (κ3) is 5.24. The maximum atomic E-state index is 13.5. The number of halogens is 2. The monoisotopic (exact) mass is 407 g/mol. The summed E-state index contributed by atoms with van der Waals surface area (Å²) < 4.78 is 27.2. The van der Waals surface area contributed by atoms with Crippen LogP contribution in [0.25, 0.3) is 10.2 Å². The predicted molar refractivity (Wildman–Crippen MR) is 108 cm³/mol. The van der Waals surface area contributed by atoms with Gasteiger partial charge in [-0.05, 0) is 56.6 Å². The van der Waals surface area contributed by atoms with Gasteiger partial charge in [-0.1, -0.05) is 11.3 Å². The number of fused-ring (bicyclic) bond motifs is 1. The van der Waals surface area contributed by atoms with E-state index < -0.39 is 0 Å². The van der Waals surface area contributed by atoms with Crippen molar-refractivity contribution in [3.05, 3.63) is 54.1 Å². The van der Waals surface area contributed by atoms with E-state index in [0.29, 0.717) is 28.4 Å². The second kappa shape index (κ2) is 8.77. The smallest absolute Gasteiger partial charge is 0.239 e. The molecule has 3 rings (SSSR count).